The molecule has 1 saturated heterocycles. The van der Waals surface area contributed by atoms with Gasteiger partial charge in [-0.3, -0.25) is 9.59 Å². The van der Waals surface area contributed by atoms with E-state index in [0.29, 0.717) is 48.8 Å². The van der Waals surface area contributed by atoms with Gasteiger partial charge in [0.05, 0.1) is 25.3 Å². The number of amides is 1. The lowest BCUT2D eigenvalue weighted by Crippen LogP contribution is -2.31. The molecule has 0 aliphatic carbocycles. The quantitative estimate of drug-likeness (QED) is 0.239. The molecule has 0 saturated carbocycles. The molecule has 1 N–H and O–H groups in total. The normalized spacial score (nSPS) is 17.3. The average molecular weight is 468 g/mol. The molecule has 1 heterocycles. The smallest absolute Gasteiger partial charge is 0.295 e. The number of aliphatic hydroxyl groups is 1. The fraction of sp³-hybridized carbons (Fsp3) is 0.407. The average Bonchev–Trinajstić information content (AvgIpc) is 3.08. The molecular weight excluding hydrogens is 434 g/mol. The first kappa shape index (κ1) is 25.3. The Balaban J connectivity index is 2.16. The van der Waals surface area contributed by atoms with Gasteiger partial charge in [0.2, 0.25) is 0 Å². The molecule has 1 fully saturated rings. The number of likely N-dealkylation sites (tertiary alicyclic amines) is 1. The summed E-state index contributed by atoms with van der Waals surface area (Å²) in [5.41, 5.74) is 2.83. The van der Waals surface area contributed by atoms with E-state index in [-0.39, 0.29) is 11.3 Å². The summed E-state index contributed by atoms with van der Waals surface area (Å²) < 4.78 is 16.3. The highest BCUT2D eigenvalue weighted by atomic mass is 16.5. The van der Waals surface area contributed by atoms with Crippen molar-refractivity contribution in [2.45, 2.75) is 39.7 Å². The number of nitrogens with zero attached hydrogens (tertiary/aromatic N) is 1. The predicted octanol–water partition coefficient (Wildman–Crippen LogP) is 4.56. The standard InChI is InChI=1S/C27H33NO6/c1-6-12-34-20-10-7-9-19(16-20)24-23(26(30)27(31)28(24)11-8-13-32-4)25(29)21-14-18(3)22(33-5)15-17(21)2/h7,9-10,14-16,24,29H,6,8,11-13H2,1-5H3/b25-23+. The first-order valence-electron chi connectivity index (χ1n) is 11.5. The van der Waals surface area contributed by atoms with E-state index >= 15 is 0 Å². The van der Waals surface area contributed by atoms with Gasteiger partial charge in [-0.2, -0.15) is 0 Å². The number of carbonyl (C=O) groups is 2. The van der Waals surface area contributed by atoms with E-state index in [4.69, 9.17) is 14.2 Å². The van der Waals surface area contributed by atoms with E-state index in [2.05, 4.69) is 0 Å². The third-order valence-corrected chi connectivity index (χ3v) is 5.93. The van der Waals surface area contributed by atoms with Crippen molar-refractivity contribution < 1.29 is 28.9 Å². The van der Waals surface area contributed by atoms with Crippen molar-refractivity contribution >= 4 is 17.4 Å². The van der Waals surface area contributed by atoms with Crippen LogP contribution in [-0.4, -0.2) is 55.7 Å². The maximum Gasteiger partial charge on any atom is 0.295 e. The zero-order valence-electron chi connectivity index (χ0n) is 20.5. The van der Waals surface area contributed by atoms with Crippen LogP contribution in [-0.2, 0) is 14.3 Å². The van der Waals surface area contributed by atoms with Crippen LogP contribution in [0.5, 0.6) is 11.5 Å². The molecule has 1 amide bonds. The van der Waals surface area contributed by atoms with E-state index < -0.39 is 17.7 Å². The van der Waals surface area contributed by atoms with Gasteiger partial charge >= 0.3 is 0 Å². The highest BCUT2D eigenvalue weighted by Gasteiger charge is 2.46. The topological polar surface area (TPSA) is 85.3 Å². The molecule has 0 aromatic heterocycles. The number of ketones is 1. The number of rotatable bonds is 10. The number of methoxy groups -OCH3 is 2. The predicted molar refractivity (Wildman–Crippen MR) is 130 cm³/mol. The van der Waals surface area contributed by atoms with E-state index in [1.165, 1.54) is 4.90 Å². The Labute approximate surface area is 200 Å². The summed E-state index contributed by atoms with van der Waals surface area (Å²) in [5.74, 6) is -0.191. The molecule has 182 valence electrons. The monoisotopic (exact) mass is 467 g/mol. The van der Waals surface area contributed by atoms with Crippen LogP contribution in [0.4, 0.5) is 0 Å². The molecule has 2 aromatic carbocycles. The number of aliphatic hydroxyl groups excluding tert-OH is 1. The maximum atomic E-state index is 13.2. The third-order valence-electron chi connectivity index (χ3n) is 5.93. The molecule has 0 spiro atoms. The summed E-state index contributed by atoms with van der Waals surface area (Å²) in [5, 5.41) is 11.4. The van der Waals surface area contributed by atoms with Crippen molar-refractivity contribution in [1.82, 2.24) is 4.90 Å². The first-order valence-corrected chi connectivity index (χ1v) is 11.5. The van der Waals surface area contributed by atoms with E-state index in [1.807, 2.05) is 51.1 Å². The van der Waals surface area contributed by atoms with Crippen LogP contribution in [0, 0.1) is 13.8 Å². The van der Waals surface area contributed by atoms with Crippen molar-refractivity contribution in [1.29, 1.82) is 0 Å². The molecule has 1 unspecified atom stereocenters. The number of Topliss-reactive ketones (excluding diaryl/α,β-unsaturated/α-hetero) is 1. The molecule has 0 bridgehead atoms. The lowest BCUT2D eigenvalue weighted by Gasteiger charge is -2.26. The Kier molecular flexibility index (Phi) is 8.34. The van der Waals surface area contributed by atoms with Crippen LogP contribution >= 0.6 is 0 Å². The Morgan fingerprint density at radius 2 is 1.82 bits per heavy atom. The van der Waals surface area contributed by atoms with E-state index in [0.717, 1.165) is 17.5 Å². The van der Waals surface area contributed by atoms with Crippen molar-refractivity contribution in [3.8, 4) is 11.5 Å². The van der Waals surface area contributed by atoms with Crippen molar-refractivity contribution in [3.63, 3.8) is 0 Å². The van der Waals surface area contributed by atoms with Gasteiger partial charge < -0.3 is 24.2 Å². The number of benzene rings is 2. The molecule has 7 nitrogen and oxygen atoms in total. The number of carbonyl (C=O) groups excluding carboxylic acids is 2. The summed E-state index contributed by atoms with van der Waals surface area (Å²) in [4.78, 5) is 27.8. The molecule has 2 aromatic rings. The first-order chi connectivity index (χ1) is 16.3. The second-order valence-electron chi connectivity index (χ2n) is 8.40. The van der Waals surface area contributed by atoms with E-state index in [9.17, 15) is 14.7 Å². The molecular formula is C27H33NO6. The van der Waals surface area contributed by atoms with Gasteiger partial charge in [-0.1, -0.05) is 19.1 Å². The van der Waals surface area contributed by atoms with Crippen molar-refractivity contribution in [2.24, 2.45) is 0 Å². The SMILES string of the molecule is CCCOc1cccc(C2/C(=C(\O)c3cc(C)c(OC)cc3C)C(=O)C(=O)N2CCCOC)c1. The second-order valence-corrected chi connectivity index (χ2v) is 8.40. The van der Waals surface area contributed by atoms with Gasteiger partial charge in [0.1, 0.15) is 17.3 Å². The minimum absolute atomic E-state index is 0.0720. The number of ether oxygens (including phenoxy) is 3. The fourth-order valence-corrected chi connectivity index (χ4v) is 4.24. The molecule has 1 aliphatic heterocycles. The zero-order valence-corrected chi connectivity index (χ0v) is 20.5. The van der Waals surface area contributed by atoms with Crippen molar-refractivity contribution in [3.05, 3.63) is 64.2 Å². The minimum Gasteiger partial charge on any atom is -0.507 e. The maximum absolute atomic E-state index is 13.2. The summed E-state index contributed by atoms with van der Waals surface area (Å²) in [6.07, 6.45) is 1.42. The van der Waals surface area contributed by atoms with Gasteiger partial charge in [-0.25, -0.2) is 0 Å². The Hall–Kier alpha value is -3.32. The largest absolute Gasteiger partial charge is 0.507 e. The zero-order chi connectivity index (χ0) is 24.8. The lowest BCUT2D eigenvalue weighted by atomic mass is 9.93. The van der Waals surface area contributed by atoms with Crippen LogP contribution in [0.3, 0.4) is 0 Å². The molecule has 7 heteroatoms. The van der Waals surface area contributed by atoms with Gasteiger partial charge in [0.15, 0.2) is 0 Å². The molecule has 1 atom stereocenters. The fourth-order valence-electron chi connectivity index (χ4n) is 4.24. The molecule has 3 rings (SSSR count). The van der Waals surface area contributed by atoms with Crippen LogP contribution in [0.25, 0.3) is 5.76 Å². The number of hydrogen-bond donors (Lipinski definition) is 1. The third kappa shape index (κ3) is 5.09. The Morgan fingerprint density at radius 3 is 2.50 bits per heavy atom. The van der Waals surface area contributed by atoms with E-state index in [1.54, 1.807) is 20.3 Å². The van der Waals surface area contributed by atoms with Crippen LogP contribution < -0.4 is 9.47 Å². The summed E-state index contributed by atoms with van der Waals surface area (Å²) >= 11 is 0. The molecule has 34 heavy (non-hydrogen) atoms. The number of aryl methyl sites for hydroxylation is 2. The van der Waals surface area contributed by atoms with Crippen molar-refractivity contribution in [2.75, 3.05) is 34.0 Å². The van der Waals surface area contributed by atoms with Gasteiger partial charge in [-0.05, 0) is 67.6 Å². The van der Waals surface area contributed by atoms with Crippen LogP contribution in [0.2, 0.25) is 0 Å². The lowest BCUT2D eigenvalue weighted by molar-refractivity contribution is -0.140. The second kappa shape index (κ2) is 11.2. The van der Waals surface area contributed by atoms with Gasteiger partial charge in [0.25, 0.3) is 11.7 Å². The van der Waals surface area contributed by atoms with Gasteiger partial charge in [0, 0.05) is 25.8 Å². The van der Waals surface area contributed by atoms with Crippen LogP contribution in [0.15, 0.2) is 42.0 Å². The molecule has 1 aliphatic rings. The highest BCUT2D eigenvalue weighted by molar-refractivity contribution is 6.46. The minimum atomic E-state index is -0.733. The van der Waals surface area contributed by atoms with Crippen LogP contribution in [0.1, 0.15) is 48.1 Å². The molecule has 0 radical (unpaired) electrons. The summed E-state index contributed by atoms with van der Waals surface area (Å²) in [6, 6.07) is 10.2. The summed E-state index contributed by atoms with van der Waals surface area (Å²) in [6.45, 7) is 7.05. The Bertz CT molecular complexity index is 1090. The summed E-state index contributed by atoms with van der Waals surface area (Å²) in [7, 11) is 3.18. The van der Waals surface area contributed by atoms with Gasteiger partial charge in [-0.15, -0.1) is 0 Å². The highest BCUT2D eigenvalue weighted by Crippen LogP contribution is 2.41. The number of hydrogen-bond acceptors (Lipinski definition) is 6. The Morgan fingerprint density at radius 1 is 1.06 bits per heavy atom.